The van der Waals surface area contributed by atoms with Crippen LogP contribution in [0.5, 0.6) is 0 Å². The van der Waals surface area contributed by atoms with Gasteiger partial charge in [-0.15, -0.1) is 0 Å². The zero-order valence-corrected chi connectivity index (χ0v) is 15.0. The van der Waals surface area contributed by atoms with Gasteiger partial charge in [0, 0.05) is 36.9 Å². The summed E-state index contributed by atoms with van der Waals surface area (Å²) in [6.07, 6.45) is 3.03. The Labute approximate surface area is 139 Å². The van der Waals surface area contributed by atoms with Crippen molar-refractivity contribution in [1.82, 2.24) is 20.4 Å². The van der Waals surface area contributed by atoms with Crippen LogP contribution >= 0.6 is 0 Å². The van der Waals surface area contributed by atoms with Gasteiger partial charge in [-0.3, -0.25) is 5.10 Å². The molecule has 0 saturated carbocycles. The van der Waals surface area contributed by atoms with Crippen LogP contribution in [0.4, 0.5) is 4.79 Å². The Morgan fingerprint density at radius 1 is 1.39 bits per heavy atom. The normalized spacial score (nSPS) is 19.5. The molecular formula is C17H30N4O2. The van der Waals surface area contributed by atoms with Crippen LogP contribution in [0.2, 0.25) is 0 Å². The zero-order chi connectivity index (χ0) is 17.0. The van der Waals surface area contributed by atoms with E-state index in [9.17, 15) is 4.79 Å². The average Bonchev–Trinajstić information content (AvgIpc) is 2.66. The zero-order valence-electron chi connectivity index (χ0n) is 15.0. The number of ether oxygens (including phenoxy) is 1. The molecule has 1 aliphatic rings. The lowest BCUT2D eigenvalue weighted by atomic mass is 10.1. The molecule has 1 fully saturated rings. The van der Waals surface area contributed by atoms with Crippen molar-refractivity contribution in [3.63, 3.8) is 0 Å². The van der Waals surface area contributed by atoms with E-state index >= 15 is 0 Å². The predicted octanol–water partition coefficient (Wildman–Crippen LogP) is 2.91. The smallest absolute Gasteiger partial charge is 0.410 e. The van der Waals surface area contributed by atoms with Gasteiger partial charge in [-0.25, -0.2) is 4.79 Å². The van der Waals surface area contributed by atoms with Gasteiger partial charge in [0.15, 0.2) is 0 Å². The lowest BCUT2D eigenvalue weighted by Gasteiger charge is -2.28. The molecule has 1 aromatic heterocycles. The summed E-state index contributed by atoms with van der Waals surface area (Å²) in [6, 6.07) is 0.290. The third kappa shape index (κ3) is 5.23. The van der Waals surface area contributed by atoms with E-state index in [1.807, 2.05) is 39.5 Å². The van der Waals surface area contributed by atoms with Crippen LogP contribution in [0.3, 0.4) is 0 Å². The highest BCUT2D eigenvalue weighted by atomic mass is 16.6. The van der Waals surface area contributed by atoms with Crippen LogP contribution < -0.4 is 5.32 Å². The van der Waals surface area contributed by atoms with Gasteiger partial charge in [-0.05, 0) is 47.5 Å². The number of likely N-dealkylation sites (tertiary alicyclic amines) is 1. The Morgan fingerprint density at radius 3 is 2.74 bits per heavy atom. The third-order valence-electron chi connectivity index (χ3n) is 4.17. The number of hydrogen-bond acceptors (Lipinski definition) is 4. The van der Waals surface area contributed by atoms with Crippen molar-refractivity contribution in [2.45, 2.75) is 72.1 Å². The molecule has 1 aromatic rings. The van der Waals surface area contributed by atoms with Crippen molar-refractivity contribution >= 4 is 6.09 Å². The fraction of sp³-hybridized carbons (Fsp3) is 0.765. The van der Waals surface area contributed by atoms with Crippen molar-refractivity contribution in [3.05, 3.63) is 17.0 Å². The molecule has 0 radical (unpaired) electrons. The van der Waals surface area contributed by atoms with E-state index in [1.54, 1.807) is 0 Å². The number of hydrogen-bond donors (Lipinski definition) is 2. The lowest BCUT2D eigenvalue weighted by Crippen LogP contribution is -2.44. The molecular weight excluding hydrogens is 292 g/mol. The first-order valence-electron chi connectivity index (χ1n) is 8.48. The first-order valence-corrected chi connectivity index (χ1v) is 8.48. The van der Waals surface area contributed by atoms with Gasteiger partial charge in [0.25, 0.3) is 0 Å². The number of nitrogens with zero attached hydrogens (tertiary/aromatic N) is 2. The molecule has 1 atom stereocenters. The number of aromatic nitrogens is 2. The van der Waals surface area contributed by atoms with Crippen LogP contribution in [0, 0.1) is 13.8 Å². The molecule has 0 aromatic carbocycles. The Balaban J connectivity index is 1.93. The Hall–Kier alpha value is -1.56. The Bertz CT molecular complexity index is 514. The molecule has 0 spiro atoms. The summed E-state index contributed by atoms with van der Waals surface area (Å²) >= 11 is 0. The van der Waals surface area contributed by atoms with Gasteiger partial charge >= 0.3 is 6.09 Å². The highest BCUT2D eigenvalue weighted by Gasteiger charge is 2.26. The minimum Gasteiger partial charge on any atom is -0.444 e. The highest BCUT2D eigenvalue weighted by Crippen LogP contribution is 2.16. The molecule has 2 N–H and O–H groups in total. The lowest BCUT2D eigenvalue weighted by molar-refractivity contribution is 0.0243. The highest BCUT2D eigenvalue weighted by molar-refractivity contribution is 5.68. The van der Waals surface area contributed by atoms with Gasteiger partial charge in [0.05, 0.1) is 5.69 Å². The Kier molecular flexibility index (Phi) is 5.68. The minimum absolute atomic E-state index is 0.207. The number of amides is 1. The molecule has 1 amide bonds. The van der Waals surface area contributed by atoms with Crippen LogP contribution in [0.15, 0.2) is 0 Å². The second-order valence-corrected chi connectivity index (χ2v) is 7.41. The van der Waals surface area contributed by atoms with E-state index in [0.29, 0.717) is 12.6 Å². The van der Waals surface area contributed by atoms with Gasteiger partial charge in [-0.1, -0.05) is 6.42 Å². The van der Waals surface area contributed by atoms with Crippen LogP contribution in [0.1, 0.15) is 57.0 Å². The van der Waals surface area contributed by atoms with Crippen LogP contribution in [-0.4, -0.2) is 45.9 Å². The summed E-state index contributed by atoms with van der Waals surface area (Å²) in [5.41, 5.74) is 2.91. The topological polar surface area (TPSA) is 70.2 Å². The molecule has 130 valence electrons. The molecule has 0 aliphatic carbocycles. The second kappa shape index (κ2) is 7.34. The monoisotopic (exact) mass is 322 g/mol. The number of nitrogens with one attached hydrogen (secondary N) is 2. The number of aromatic amines is 1. The fourth-order valence-electron chi connectivity index (χ4n) is 2.88. The van der Waals surface area contributed by atoms with Crippen molar-refractivity contribution in [2.75, 3.05) is 13.1 Å². The van der Waals surface area contributed by atoms with E-state index in [2.05, 4.69) is 15.5 Å². The molecule has 23 heavy (non-hydrogen) atoms. The molecule has 1 aliphatic heterocycles. The molecule has 6 heteroatoms. The fourth-order valence-corrected chi connectivity index (χ4v) is 2.88. The summed E-state index contributed by atoms with van der Waals surface area (Å²) in [7, 11) is 0. The van der Waals surface area contributed by atoms with E-state index in [0.717, 1.165) is 43.7 Å². The van der Waals surface area contributed by atoms with Crippen molar-refractivity contribution in [1.29, 1.82) is 0 Å². The molecule has 1 unspecified atom stereocenters. The molecule has 0 bridgehead atoms. The Morgan fingerprint density at radius 2 is 2.13 bits per heavy atom. The van der Waals surface area contributed by atoms with E-state index in [4.69, 9.17) is 4.74 Å². The first kappa shape index (κ1) is 17.8. The number of aryl methyl sites for hydroxylation is 2. The van der Waals surface area contributed by atoms with Gasteiger partial charge in [-0.2, -0.15) is 5.10 Å². The number of carbonyl (C=O) groups is 1. The average molecular weight is 322 g/mol. The summed E-state index contributed by atoms with van der Waals surface area (Å²) < 4.78 is 5.51. The second-order valence-electron chi connectivity index (χ2n) is 7.41. The van der Waals surface area contributed by atoms with Gasteiger partial charge in [0.2, 0.25) is 0 Å². The molecule has 2 rings (SSSR count). The maximum Gasteiger partial charge on any atom is 0.410 e. The summed E-state index contributed by atoms with van der Waals surface area (Å²) in [6.45, 7) is 12.0. The number of rotatable bonds is 3. The maximum atomic E-state index is 12.3. The van der Waals surface area contributed by atoms with Crippen LogP contribution in [0.25, 0.3) is 0 Å². The minimum atomic E-state index is -0.447. The van der Waals surface area contributed by atoms with Crippen molar-refractivity contribution in [2.24, 2.45) is 0 Å². The quantitative estimate of drug-likeness (QED) is 0.897. The molecule has 1 saturated heterocycles. The summed E-state index contributed by atoms with van der Waals surface area (Å²) in [5, 5.41) is 10.8. The molecule has 6 nitrogen and oxygen atoms in total. The summed E-state index contributed by atoms with van der Waals surface area (Å²) in [4.78, 5) is 14.2. The SMILES string of the molecule is Cc1n[nH]c(C)c1CNC1CCCCN(C(=O)OC(C)(C)C)C1. The van der Waals surface area contributed by atoms with Crippen LogP contribution in [-0.2, 0) is 11.3 Å². The van der Waals surface area contributed by atoms with E-state index in [1.165, 1.54) is 5.56 Å². The van der Waals surface area contributed by atoms with Crippen molar-refractivity contribution < 1.29 is 9.53 Å². The standard InChI is InChI=1S/C17H30N4O2/c1-12-15(13(2)20-19-12)10-18-14-8-6-7-9-21(11-14)16(22)23-17(3,4)5/h14,18H,6-11H2,1-5H3,(H,19,20). The van der Waals surface area contributed by atoms with Gasteiger partial charge in [0.1, 0.15) is 5.60 Å². The first-order chi connectivity index (χ1) is 10.8. The third-order valence-corrected chi connectivity index (χ3v) is 4.17. The predicted molar refractivity (Wildman–Crippen MR) is 90.3 cm³/mol. The maximum absolute atomic E-state index is 12.3. The van der Waals surface area contributed by atoms with E-state index < -0.39 is 5.60 Å². The molecule has 2 heterocycles. The van der Waals surface area contributed by atoms with Crippen molar-refractivity contribution in [3.8, 4) is 0 Å². The van der Waals surface area contributed by atoms with Gasteiger partial charge < -0.3 is 15.0 Å². The van der Waals surface area contributed by atoms with E-state index in [-0.39, 0.29) is 6.09 Å². The summed E-state index contributed by atoms with van der Waals surface area (Å²) in [5.74, 6) is 0. The largest absolute Gasteiger partial charge is 0.444 e. The number of carbonyl (C=O) groups excluding carboxylic acids is 1. The number of H-pyrrole nitrogens is 1.